The predicted octanol–water partition coefficient (Wildman–Crippen LogP) is 1.89. The topological polar surface area (TPSA) is 119 Å². The second-order valence-electron chi connectivity index (χ2n) is 7.59. The summed E-state index contributed by atoms with van der Waals surface area (Å²) in [7, 11) is 1.81. The Bertz CT molecular complexity index is 1150. The quantitative estimate of drug-likeness (QED) is 0.559. The van der Waals surface area contributed by atoms with Crippen LogP contribution >= 0.6 is 0 Å². The fourth-order valence-corrected chi connectivity index (χ4v) is 2.84. The molecule has 0 aromatic carbocycles. The molecule has 0 saturated heterocycles. The lowest BCUT2D eigenvalue weighted by molar-refractivity contribution is -0.116. The van der Waals surface area contributed by atoms with Crippen molar-refractivity contribution in [2.45, 2.75) is 32.7 Å². The van der Waals surface area contributed by atoms with Gasteiger partial charge in [-0.1, -0.05) is 20.8 Å². The molecule has 0 unspecified atom stereocenters. The van der Waals surface area contributed by atoms with Gasteiger partial charge in [-0.2, -0.15) is 10.2 Å². The van der Waals surface area contributed by atoms with E-state index in [1.54, 1.807) is 28.1 Å². The van der Waals surface area contributed by atoms with Crippen LogP contribution in [-0.4, -0.2) is 45.4 Å². The Morgan fingerprint density at radius 2 is 2.07 bits per heavy atom. The number of rotatable bonds is 4. The highest BCUT2D eigenvalue weighted by Crippen LogP contribution is 2.24. The lowest BCUT2D eigenvalue weighted by Gasteiger charge is -2.13. The lowest BCUT2D eigenvalue weighted by atomic mass is 9.92. The number of imidazole rings is 1. The van der Waals surface area contributed by atoms with Crippen LogP contribution in [0, 0.1) is 0 Å². The summed E-state index contributed by atoms with van der Waals surface area (Å²) in [5.41, 5.74) is 3.61. The van der Waals surface area contributed by atoms with E-state index in [9.17, 15) is 4.79 Å². The molecule has 0 saturated carbocycles. The van der Waals surface area contributed by atoms with E-state index >= 15 is 0 Å². The van der Waals surface area contributed by atoms with Crippen molar-refractivity contribution in [2.24, 2.45) is 7.05 Å². The second-order valence-corrected chi connectivity index (χ2v) is 7.59. The summed E-state index contributed by atoms with van der Waals surface area (Å²) in [4.78, 5) is 28.0. The number of aryl methyl sites for hydroxylation is 1. The third kappa shape index (κ3) is 3.36. The van der Waals surface area contributed by atoms with Gasteiger partial charge in [0.15, 0.2) is 5.65 Å². The Hall–Kier alpha value is -3.56. The normalized spacial score (nSPS) is 11.9. The molecule has 4 aromatic rings. The molecule has 10 heteroatoms. The van der Waals surface area contributed by atoms with Gasteiger partial charge in [0.05, 0.1) is 18.2 Å². The standard InChI is InChI=1S/C18H21N9O/c1-18(2,3)12-5-13(26(4)25-12)24-14(28)8-27-7-11(6-23-27)15-16-17(21-9-19-15)22-10-20-16/h5-7,9-10H,8H2,1-4H3,(H,24,28)(H,19,20,21,22). The minimum absolute atomic E-state index is 0.0766. The van der Waals surface area contributed by atoms with E-state index in [0.29, 0.717) is 17.2 Å². The van der Waals surface area contributed by atoms with Crippen LogP contribution in [0.2, 0.25) is 0 Å². The molecule has 4 rings (SSSR count). The Kier molecular flexibility index (Phi) is 4.17. The number of fused-ring (bicyclic) bond motifs is 1. The molecule has 0 spiro atoms. The average Bonchev–Trinajstić information content (AvgIpc) is 3.34. The van der Waals surface area contributed by atoms with Crippen molar-refractivity contribution in [3.05, 3.63) is 36.8 Å². The van der Waals surface area contributed by atoms with E-state index in [0.717, 1.165) is 16.8 Å². The van der Waals surface area contributed by atoms with Gasteiger partial charge in [0.2, 0.25) is 5.91 Å². The van der Waals surface area contributed by atoms with Crippen molar-refractivity contribution < 1.29 is 4.79 Å². The number of hydrogen-bond donors (Lipinski definition) is 2. The number of hydrogen-bond acceptors (Lipinski definition) is 6. The monoisotopic (exact) mass is 379 g/mol. The van der Waals surface area contributed by atoms with Gasteiger partial charge in [-0.3, -0.25) is 14.2 Å². The first kappa shape index (κ1) is 17.8. The van der Waals surface area contributed by atoms with Gasteiger partial charge >= 0.3 is 0 Å². The van der Waals surface area contributed by atoms with Crippen LogP contribution in [0.1, 0.15) is 26.5 Å². The Morgan fingerprint density at radius 1 is 1.25 bits per heavy atom. The molecule has 2 N–H and O–H groups in total. The summed E-state index contributed by atoms with van der Waals surface area (Å²) < 4.78 is 3.23. The van der Waals surface area contributed by atoms with Crippen molar-refractivity contribution >= 4 is 22.9 Å². The highest BCUT2D eigenvalue weighted by molar-refractivity contribution is 5.90. The summed E-state index contributed by atoms with van der Waals surface area (Å²) in [6.45, 7) is 6.31. The van der Waals surface area contributed by atoms with Gasteiger partial charge in [0, 0.05) is 30.3 Å². The van der Waals surface area contributed by atoms with Gasteiger partial charge in [0.1, 0.15) is 29.9 Å². The van der Waals surface area contributed by atoms with E-state index in [-0.39, 0.29) is 17.9 Å². The number of aromatic amines is 1. The number of nitrogens with zero attached hydrogens (tertiary/aromatic N) is 7. The molecule has 0 aliphatic heterocycles. The van der Waals surface area contributed by atoms with E-state index in [2.05, 4.69) is 56.2 Å². The predicted molar refractivity (Wildman–Crippen MR) is 103 cm³/mol. The molecule has 0 atom stereocenters. The van der Waals surface area contributed by atoms with Crippen molar-refractivity contribution in [3.8, 4) is 11.3 Å². The SMILES string of the molecule is Cn1nc(C(C)(C)C)cc1NC(=O)Cn1cc(-c2ncnc3nc[nH]c23)cn1. The average molecular weight is 379 g/mol. The van der Waals surface area contributed by atoms with Crippen molar-refractivity contribution in [3.63, 3.8) is 0 Å². The number of nitrogens with one attached hydrogen (secondary N) is 2. The van der Waals surface area contributed by atoms with Crippen molar-refractivity contribution in [2.75, 3.05) is 5.32 Å². The number of aromatic nitrogens is 8. The molecule has 0 aliphatic carbocycles. The molecule has 0 aliphatic rings. The molecule has 10 nitrogen and oxygen atoms in total. The molecule has 1 amide bonds. The van der Waals surface area contributed by atoms with Gasteiger partial charge in [-0.15, -0.1) is 0 Å². The second kappa shape index (κ2) is 6.55. The zero-order chi connectivity index (χ0) is 19.9. The first-order valence-electron chi connectivity index (χ1n) is 8.82. The zero-order valence-corrected chi connectivity index (χ0v) is 16.1. The van der Waals surface area contributed by atoms with Crippen LogP contribution < -0.4 is 5.32 Å². The summed E-state index contributed by atoms with van der Waals surface area (Å²) in [6.07, 6.45) is 6.46. The van der Waals surface area contributed by atoms with Crippen LogP contribution in [0.3, 0.4) is 0 Å². The van der Waals surface area contributed by atoms with E-state index in [4.69, 9.17) is 0 Å². The van der Waals surface area contributed by atoms with Gasteiger partial charge in [-0.25, -0.2) is 15.0 Å². The number of carbonyl (C=O) groups excluding carboxylic acids is 1. The Morgan fingerprint density at radius 3 is 2.82 bits per heavy atom. The molecule has 0 bridgehead atoms. The minimum atomic E-state index is -0.188. The molecule has 144 valence electrons. The first-order valence-corrected chi connectivity index (χ1v) is 8.82. The maximum absolute atomic E-state index is 12.5. The largest absolute Gasteiger partial charge is 0.341 e. The lowest BCUT2D eigenvalue weighted by Crippen LogP contribution is -2.20. The number of carbonyl (C=O) groups is 1. The van der Waals surface area contributed by atoms with Crippen molar-refractivity contribution in [1.29, 1.82) is 0 Å². The minimum Gasteiger partial charge on any atom is -0.341 e. The maximum Gasteiger partial charge on any atom is 0.247 e. The fraction of sp³-hybridized carbons (Fsp3) is 0.333. The van der Waals surface area contributed by atoms with Gasteiger partial charge in [-0.05, 0) is 0 Å². The van der Waals surface area contributed by atoms with E-state index in [1.807, 2.05) is 13.1 Å². The Balaban J connectivity index is 1.49. The zero-order valence-electron chi connectivity index (χ0n) is 16.1. The smallest absolute Gasteiger partial charge is 0.247 e. The van der Waals surface area contributed by atoms with Crippen molar-refractivity contribution in [1.82, 2.24) is 39.5 Å². The van der Waals surface area contributed by atoms with Gasteiger partial charge in [0.25, 0.3) is 0 Å². The molecule has 4 aromatic heterocycles. The first-order chi connectivity index (χ1) is 13.3. The highest BCUT2D eigenvalue weighted by Gasteiger charge is 2.20. The fourth-order valence-electron chi connectivity index (χ4n) is 2.84. The van der Waals surface area contributed by atoms with Crippen LogP contribution in [0.4, 0.5) is 5.82 Å². The van der Waals surface area contributed by atoms with E-state index in [1.165, 1.54) is 6.33 Å². The number of amides is 1. The molecular weight excluding hydrogens is 358 g/mol. The molecular formula is C18H21N9O. The number of anilines is 1. The maximum atomic E-state index is 12.5. The van der Waals surface area contributed by atoms with Crippen LogP contribution in [0.15, 0.2) is 31.1 Å². The summed E-state index contributed by atoms with van der Waals surface area (Å²) >= 11 is 0. The van der Waals surface area contributed by atoms with Crippen LogP contribution in [0.25, 0.3) is 22.4 Å². The highest BCUT2D eigenvalue weighted by atomic mass is 16.2. The van der Waals surface area contributed by atoms with Gasteiger partial charge < -0.3 is 10.3 Å². The summed E-state index contributed by atoms with van der Waals surface area (Å²) in [5, 5.41) is 11.6. The van der Waals surface area contributed by atoms with E-state index < -0.39 is 0 Å². The summed E-state index contributed by atoms with van der Waals surface area (Å²) in [6, 6.07) is 1.89. The molecule has 4 heterocycles. The summed E-state index contributed by atoms with van der Waals surface area (Å²) in [5.74, 6) is 0.463. The van der Waals surface area contributed by atoms with Crippen LogP contribution in [-0.2, 0) is 23.8 Å². The molecule has 28 heavy (non-hydrogen) atoms. The third-order valence-corrected chi connectivity index (χ3v) is 4.35. The molecule has 0 fully saturated rings. The number of H-pyrrole nitrogens is 1. The Labute approximate surface area is 161 Å². The third-order valence-electron chi connectivity index (χ3n) is 4.35. The van der Waals surface area contributed by atoms with Crippen LogP contribution in [0.5, 0.6) is 0 Å². The molecule has 0 radical (unpaired) electrons.